The Hall–Kier alpha value is -3.02. The number of anilines is 1. The smallest absolute Gasteiger partial charge is 0.226 e. The third kappa shape index (κ3) is 2.38. The quantitative estimate of drug-likeness (QED) is 0.792. The van der Waals surface area contributed by atoms with E-state index in [1.54, 1.807) is 30.9 Å². The number of carbonyl (C=O) groups excluding carboxylic acids is 1. The summed E-state index contributed by atoms with van der Waals surface area (Å²) in [7, 11) is 0. The summed E-state index contributed by atoms with van der Waals surface area (Å²) in [5.74, 6) is 0.0760. The van der Waals surface area contributed by atoms with Crippen molar-refractivity contribution in [2.45, 2.75) is 12.3 Å². The van der Waals surface area contributed by atoms with Crippen molar-refractivity contribution < 1.29 is 9.18 Å². The summed E-state index contributed by atoms with van der Waals surface area (Å²) in [6, 6.07) is 9.99. The molecule has 114 valence electrons. The summed E-state index contributed by atoms with van der Waals surface area (Å²) in [4.78, 5) is 20.3. The van der Waals surface area contributed by atoms with Gasteiger partial charge >= 0.3 is 0 Å². The van der Waals surface area contributed by atoms with E-state index in [4.69, 9.17) is 0 Å². The van der Waals surface area contributed by atoms with Crippen molar-refractivity contribution in [3.63, 3.8) is 0 Å². The number of nitrogens with zero attached hydrogens (tertiary/aromatic N) is 3. The fourth-order valence-electron chi connectivity index (χ4n) is 2.93. The number of amides is 1. The molecule has 6 heteroatoms. The maximum Gasteiger partial charge on any atom is 0.226 e. The molecule has 2 aromatic heterocycles. The maximum absolute atomic E-state index is 13.2. The number of fused-ring (bicyclic) bond motifs is 1. The Labute approximate surface area is 131 Å². The molecule has 1 N–H and O–H groups in total. The van der Waals surface area contributed by atoms with Crippen molar-refractivity contribution in [3.05, 3.63) is 72.2 Å². The van der Waals surface area contributed by atoms with Gasteiger partial charge in [0.1, 0.15) is 12.1 Å². The molecule has 0 aliphatic carbocycles. The van der Waals surface area contributed by atoms with Crippen molar-refractivity contribution >= 4 is 11.7 Å². The fourth-order valence-corrected chi connectivity index (χ4v) is 2.93. The van der Waals surface area contributed by atoms with Crippen molar-refractivity contribution in [2.75, 3.05) is 5.32 Å². The van der Waals surface area contributed by atoms with Crippen LogP contribution >= 0.6 is 0 Å². The van der Waals surface area contributed by atoms with Gasteiger partial charge in [0.2, 0.25) is 5.91 Å². The SMILES string of the molecule is O=C1C[C@@H](c2ccncc2)c2c(ncn2-c2ccc(F)cc2)N1. The molecule has 1 aliphatic rings. The highest BCUT2D eigenvalue weighted by Gasteiger charge is 2.31. The lowest BCUT2D eigenvalue weighted by Gasteiger charge is -2.24. The first-order valence-corrected chi connectivity index (χ1v) is 7.25. The molecule has 5 nitrogen and oxygen atoms in total. The first-order valence-electron chi connectivity index (χ1n) is 7.25. The van der Waals surface area contributed by atoms with E-state index in [0.717, 1.165) is 16.9 Å². The van der Waals surface area contributed by atoms with Crippen molar-refractivity contribution in [1.82, 2.24) is 14.5 Å². The Morgan fingerprint density at radius 3 is 2.61 bits per heavy atom. The van der Waals surface area contributed by atoms with Crippen LogP contribution in [0.1, 0.15) is 23.6 Å². The number of benzene rings is 1. The molecule has 0 unspecified atom stereocenters. The Bertz CT molecular complexity index is 858. The van der Waals surface area contributed by atoms with Crippen LogP contribution in [0.5, 0.6) is 0 Å². The van der Waals surface area contributed by atoms with Gasteiger partial charge in [-0.3, -0.25) is 9.78 Å². The van der Waals surface area contributed by atoms with Gasteiger partial charge in [-0.05, 0) is 42.0 Å². The molecule has 1 aromatic carbocycles. The van der Waals surface area contributed by atoms with Crippen LogP contribution in [0.15, 0.2) is 55.1 Å². The number of rotatable bonds is 2. The van der Waals surface area contributed by atoms with Gasteiger partial charge in [0, 0.05) is 30.4 Å². The third-order valence-corrected chi connectivity index (χ3v) is 4.00. The number of hydrogen-bond acceptors (Lipinski definition) is 3. The van der Waals surface area contributed by atoms with Gasteiger partial charge in [0.25, 0.3) is 0 Å². The molecule has 0 radical (unpaired) electrons. The number of pyridine rings is 1. The Morgan fingerprint density at radius 2 is 1.87 bits per heavy atom. The Morgan fingerprint density at radius 1 is 1.13 bits per heavy atom. The summed E-state index contributed by atoms with van der Waals surface area (Å²) < 4.78 is 15.1. The van der Waals surface area contributed by atoms with Gasteiger partial charge in [-0.1, -0.05) is 0 Å². The van der Waals surface area contributed by atoms with Crippen LogP contribution < -0.4 is 5.32 Å². The summed E-state index contributed by atoms with van der Waals surface area (Å²) in [5, 5.41) is 2.80. The largest absolute Gasteiger partial charge is 0.309 e. The molecular weight excluding hydrogens is 295 g/mol. The normalized spacial score (nSPS) is 16.7. The van der Waals surface area contributed by atoms with Gasteiger partial charge in [-0.15, -0.1) is 0 Å². The Balaban J connectivity index is 1.86. The summed E-state index contributed by atoms with van der Waals surface area (Å²) in [6.07, 6.45) is 5.40. The van der Waals surface area contributed by atoms with Crippen molar-refractivity contribution in [1.29, 1.82) is 0 Å². The monoisotopic (exact) mass is 308 g/mol. The van der Waals surface area contributed by atoms with Crippen LogP contribution in [-0.2, 0) is 4.79 Å². The van der Waals surface area contributed by atoms with E-state index in [1.165, 1.54) is 12.1 Å². The molecule has 3 aromatic rings. The number of carbonyl (C=O) groups is 1. The minimum atomic E-state index is -0.290. The molecular formula is C17H13FN4O. The van der Waals surface area contributed by atoms with Crippen LogP contribution in [0.2, 0.25) is 0 Å². The zero-order valence-corrected chi connectivity index (χ0v) is 12.1. The number of halogens is 1. The molecule has 0 spiro atoms. The van der Waals surface area contributed by atoms with Gasteiger partial charge < -0.3 is 9.88 Å². The van der Waals surface area contributed by atoms with E-state index in [1.807, 2.05) is 16.7 Å². The lowest BCUT2D eigenvalue weighted by atomic mass is 9.90. The second-order valence-corrected chi connectivity index (χ2v) is 5.41. The number of aromatic nitrogens is 3. The predicted molar refractivity (Wildman–Crippen MR) is 82.8 cm³/mol. The van der Waals surface area contributed by atoms with Gasteiger partial charge in [-0.25, -0.2) is 9.37 Å². The van der Waals surface area contributed by atoms with E-state index in [-0.39, 0.29) is 17.6 Å². The molecule has 0 saturated carbocycles. The van der Waals surface area contributed by atoms with Crippen LogP contribution in [0, 0.1) is 5.82 Å². The van der Waals surface area contributed by atoms with Gasteiger partial charge in [0.15, 0.2) is 5.82 Å². The van der Waals surface area contributed by atoms with E-state index in [9.17, 15) is 9.18 Å². The summed E-state index contributed by atoms with van der Waals surface area (Å²) in [6.45, 7) is 0. The van der Waals surface area contributed by atoms with Gasteiger partial charge in [0.05, 0.1) is 5.69 Å². The molecule has 1 atom stereocenters. The number of nitrogens with one attached hydrogen (secondary N) is 1. The summed E-state index contributed by atoms with van der Waals surface area (Å²) in [5.41, 5.74) is 2.69. The van der Waals surface area contributed by atoms with E-state index >= 15 is 0 Å². The van der Waals surface area contributed by atoms with Crippen LogP contribution in [-0.4, -0.2) is 20.4 Å². The highest BCUT2D eigenvalue weighted by molar-refractivity contribution is 5.94. The predicted octanol–water partition coefficient (Wildman–Crippen LogP) is 2.88. The Kier molecular flexibility index (Phi) is 3.15. The lowest BCUT2D eigenvalue weighted by Crippen LogP contribution is -2.25. The minimum absolute atomic E-state index is 0.0660. The van der Waals surface area contributed by atoms with Crippen LogP contribution in [0.25, 0.3) is 5.69 Å². The highest BCUT2D eigenvalue weighted by Crippen LogP contribution is 2.37. The standard InChI is InChI=1S/C17H13FN4O/c18-12-1-3-13(4-2-12)22-10-20-17-16(22)14(9-15(23)21-17)11-5-7-19-8-6-11/h1-8,10,14H,9H2,(H,21,23)/t14-/m0/s1. The second kappa shape index (κ2) is 5.31. The molecule has 4 rings (SSSR count). The molecule has 0 bridgehead atoms. The summed E-state index contributed by atoms with van der Waals surface area (Å²) >= 11 is 0. The molecule has 1 aliphatic heterocycles. The first kappa shape index (κ1) is 13.6. The first-order chi connectivity index (χ1) is 11.2. The van der Waals surface area contributed by atoms with Crippen LogP contribution in [0.4, 0.5) is 10.2 Å². The zero-order chi connectivity index (χ0) is 15.8. The molecule has 0 fully saturated rings. The fraction of sp³-hybridized carbons (Fsp3) is 0.118. The average Bonchev–Trinajstić information content (AvgIpc) is 2.99. The van der Waals surface area contributed by atoms with Crippen LogP contribution in [0.3, 0.4) is 0 Å². The number of hydrogen-bond donors (Lipinski definition) is 1. The van der Waals surface area contributed by atoms with Gasteiger partial charge in [-0.2, -0.15) is 0 Å². The highest BCUT2D eigenvalue weighted by atomic mass is 19.1. The average molecular weight is 308 g/mol. The van der Waals surface area contributed by atoms with E-state index < -0.39 is 0 Å². The van der Waals surface area contributed by atoms with Crippen molar-refractivity contribution in [2.24, 2.45) is 0 Å². The topological polar surface area (TPSA) is 59.8 Å². The molecule has 23 heavy (non-hydrogen) atoms. The third-order valence-electron chi connectivity index (χ3n) is 4.00. The lowest BCUT2D eigenvalue weighted by molar-refractivity contribution is -0.116. The maximum atomic E-state index is 13.2. The van der Waals surface area contributed by atoms with Crippen molar-refractivity contribution in [3.8, 4) is 5.69 Å². The second-order valence-electron chi connectivity index (χ2n) is 5.41. The van der Waals surface area contributed by atoms with E-state index in [2.05, 4.69) is 15.3 Å². The zero-order valence-electron chi connectivity index (χ0n) is 12.1. The molecule has 0 saturated heterocycles. The molecule has 1 amide bonds. The minimum Gasteiger partial charge on any atom is -0.309 e. The van der Waals surface area contributed by atoms with E-state index in [0.29, 0.717) is 12.2 Å². The molecule has 3 heterocycles. The number of imidazole rings is 1.